The van der Waals surface area contributed by atoms with Gasteiger partial charge >= 0.3 is 12.0 Å². The van der Waals surface area contributed by atoms with Gasteiger partial charge < -0.3 is 21.1 Å². The molecule has 1 aromatic rings. The monoisotopic (exact) mass is 293 g/mol. The maximum Gasteiger partial charge on any atom is 0.335 e. The van der Waals surface area contributed by atoms with Crippen LogP contribution in [0.25, 0.3) is 0 Å². The van der Waals surface area contributed by atoms with Crippen molar-refractivity contribution in [1.82, 2.24) is 10.6 Å². The third-order valence-corrected chi connectivity index (χ3v) is 2.48. The molecule has 0 saturated carbocycles. The largest absolute Gasteiger partial charge is 0.478 e. The van der Waals surface area contributed by atoms with Crippen molar-refractivity contribution in [3.63, 3.8) is 0 Å². The Labute approximate surface area is 122 Å². The highest BCUT2D eigenvalue weighted by atomic mass is 16.4. The number of hydrogen-bond donors (Lipinski definition) is 4. The fourth-order valence-electron chi connectivity index (χ4n) is 1.45. The van der Waals surface area contributed by atoms with E-state index in [0.717, 1.165) is 0 Å². The number of carbonyl (C=O) groups is 3. The SMILES string of the molecule is CC(C)CNC(=O)CNC(=O)Nc1cccc(C(=O)O)c1. The third kappa shape index (κ3) is 6.42. The summed E-state index contributed by atoms with van der Waals surface area (Å²) in [6.45, 7) is 4.34. The van der Waals surface area contributed by atoms with Crippen molar-refractivity contribution < 1.29 is 19.5 Å². The van der Waals surface area contributed by atoms with Crippen LogP contribution >= 0.6 is 0 Å². The molecule has 1 aromatic carbocycles. The van der Waals surface area contributed by atoms with E-state index in [1.54, 1.807) is 6.07 Å². The molecule has 21 heavy (non-hydrogen) atoms. The highest BCUT2D eigenvalue weighted by Crippen LogP contribution is 2.10. The summed E-state index contributed by atoms with van der Waals surface area (Å²) in [4.78, 5) is 33.8. The summed E-state index contributed by atoms with van der Waals surface area (Å²) in [5.74, 6) is -1.02. The van der Waals surface area contributed by atoms with Gasteiger partial charge in [0.1, 0.15) is 0 Å². The first-order valence-electron chi connectivity index (χ1n) is 6.53. The number of nitrogens with one attached hydrogen (secondary N) is 3. The predicted octanol–water partition coefficient (Wildman–Crippen LogP) is 1.28. The highest BCUT2D eigenvalue weighted by molar-refractivity contribution is 5.94. The first kappa shape index (κ1) is 16.5. The standard InChI is InChI=1S/C14H19N3O4/c1-9(2)7-15-12(18)8-16-14(21)17-11-5-3-4-10(6-11)13(19)20/h3-6,9H,7-8H2,1-2H3,(H,15,18)(H,19,20)(H2,16,17,21). The minimum absolute atomic E-state index is 0.0717. The van der Waals surface area contributed by atoms with Crippen molar-refractivity contribution in [1.29, 1.82) is 0 Å². The zero-order chi connectivity index (χ0) is 15.8. The molecule has 0 saturated heterocycles. The van der Waals surface area contributed by atoms with Crippen LogP contribution in [0.15, 0.2) is 24.3 Å². The molecule has 114 valence electrons. The maximum absolute atomic E-state index is 11.6. The molecule has 0 unspecified atom stereocenters. The van der Waals surface area contributed by atoms with E-state index in [9.17, 15) is 14.4 Å². The molecule has 0 heterocycles. The quantitative estimate of drug-likeness (QED) is 0.633. The number of carboxylic acid groups (broad SMARTS) is 1. The molecule has 7 nitrogen and oxygen atoms in total. The molecular weight excluding hydrogens is 274 g/mol. The Bertz CT molecular complexity index is 529. The first-order chi connectivity index (χ1) is 9.88. The molecule has 0 aliphatic carbocycles. The normalized spacial score (nSPS) is 10.0. The van der Waals surface area contributed by atoms with E-state index >= 15 is 0 Å². The van der Waals surface area contributed by atoms with Gasteiger partial charge in [0.2, 0.25) is 5.91 Å². The van der Waals surface area contributed by atoms with Gasteiger partial charge in [-0.25, -0.2) is 9.59 Å². The van der Waals surface area contributed by atoms with E-state index in [4.69, 9.17) is 5.11 Å². The Kier molecular flexibility index (Phi) is 6.19. The number of carboxylic acids is 1. The van der Waals surface area contributed by atoms with Crippen LogP contribution in [0.3, 0.4) is 0 Å². The molecule has 3 amide bonds. The number of amides is 3. The zero-order valence-electron chi connectivity index (χ0n) is 12.0. The second-order valence-corrected chi connectivity index (χ2v) is 4.89. The van der Waals surface area contributed by atoms with E-state index in [-0.39, 0.29) is 18.0 Å². The second kappa shape index (κ2) is 7.88. The summed E-state index contributed by atoms with van der Waals surface area (Å²) < 4.78 is 0. The van der Waals surface area contributed by atoms with E-state index in [1.165, 1.54) is 18.2 Å². The van der Waals surface area contributed by atoms with Gasteiger partial charge in [-0.15, -0.1) is 0 Å². The summed E-state index contributed by atoms with van der Waals surface area (Å²) in [5.41, 5.74) is 0.414. The second-order valence-electron chi connectivity index (χ2n) is 4.89. The van der Waals surface area contributed by atoms with Crippen molar-refractivity contribution in [3.05, 3.63) is 29.8 Å². The van der Waals surface area contributed by atoms with Crippen LogP contribution in [0.5, 0.6) is 0 Å². The van der Waals surface area contributed by atoms with Gasteiger partial charge in [-0.3, -0.25) is 4.79 Å². The Morgan fingerprint density at radius 3 is 2.52 bits per heavy atom. The van der Waals surface area contributed by atoms with Gasteiger partial charge in [-0.05, 0) is 24.1 Å². The smallest absolute Gasteiger partial charge is 0.335 e. The molecule has 0 aromatic heterocycles. The molecule has 7 heteroatoms. The van der Waals surface area contributed by atoms with Gasteiger partial charge in [0.05, 0.1) is 12.1 Å². The van der Waals surface area contributed by atoms with Crippen LogP contribution in [-0.4, -0.2) is 36.1 Å². The van der Waals surface area contributed by atoms with Crippen LogP contribution in [0.1, 0.15) is 24.2 Å². The lowest BCUT2D eigenvalue weighted by atomic mass is 10.2. The summed E-state index contributed by atoms with van der Waals surface area (Å²) >= 11 is 0. The molecule has 0 fully saturated rings. The van der Waals surface area contributed by atoms with E-state index in [1.807, 2.05) is 13.8 Å². The van der Waals surface area contributed by atoms with Gasteiger partial charge in [0, 0.05) is 12.2 Å². The number of anilines is 1. The third-order valence-electron chi connectivity index (χ3n) is 2.48. The summed E-state index contributed by atoms with van der Waals surface area (Å²) in [5, 5.41) is 16.4. The molecule has 0 bridgehead atoms. The Hall–Kier alpha value is -2.57. The van der Waals surface area contributed by atoms with Gasteiger partial charge in [0.15, 0.2) is 0 Å². The van der Waals surface area contributed by atoms with Crippen molar-refractivity contribution in [2.75, 3.05) is 18.4 Å². The summed E-state index contributed by atoms with van der Waals surface area (Å²) in [6, 6.07) is 5.27. The van der Waals surface area contributed by atoms with Crippen LogP contribution in [0.4, 0.5) is 10.5 Å². The molecule has 4 N–H and O–H groups in total. The zero-order valence-corrected chi connectivity index (χ0v) is 12.0. The molecule has 0 radical (unpaired) electrons. The summed E-state index contributed by atoms with van der Waals surface area (Å²) in [6.07, 6.45) is 0. The molecule has 0 atom stereocenters. The topological polar surface area (TPSA) is 108 Å². The van der Waals surface area contributed by atoms with E-state index < -0.39 is 12.0 Å². The van der Waals surface area contributed by atoms with Crippen LogP contribution < -0.4 is 16.0 Å². The summed E-state index contributed by atoms with van der Waals surface area (Å²) in [7, 11) is 0. The lowest BCUT2D eigenvalue weighted by Crippen LogP contribution is -2.40. The molecular formula is C14H19N3O4. The predicted molar refractivity (Wildman–Crippen MR) is 78.3 cm³/mol. The Balaban J connectivity index is 2.42. The number of benzene rings is 1. The fraction of sp³-hybridized carbons (Fsp3) is 0.357. The minimum Gasteiger partial charge on any atom is -0.478 e. The van der Waals surface area contributed by atoms with Crippen LogP contribution in [0, 0.1) is 5.92 Å². The molecule has 0 aliphatic rings. The average Bonchev–Trinajstić information content (AvgIpc) is 2.43. The molecule has 1 rings (SSSR count). The first-order valence-corrected chi connectivity index (χ1v) is 6.53. The maximum atomic E-state index is 11.6. The van der Waals surface area contributed by atoms with Crippen molar-refractivity contribution in [2.45, 2.75) is 13.8 Å². The number of hydrogen-bond acceptors (Lipinski definition) is 3. The van der Waals surface area contributed by atoms with Gasteiger partial charge in [0.25, 0.3) is 0 Å². The Morgan fingerprint density at radius 1 is 1.19 bits per heavy atom. The van der Waals surface area contributed by atoms with Crippen molar-refractivity contribution >= 4 is 23.6 Å². The van der Waals surface area contributed by atoms with Gasteiger partial charge in [-0.1, -0.05) is 19.9 Å². The lowest BCUT2D eigenvalue weighted by molar-refractivity contribution is -0.120. The average molecular weight is 293 g/mol. The van der Waals surface area contributed by atoms with E-state index in [0.29, 0.717) is 18.2 Å². The fourth-order valence-corrected chi connectivity index (χ4v) is 1.45. The number of urea groups is 1. The number of rotatable bonds is 6. The minimum atomic E-state index is -1.08. The van der Waals surface area contributed by atoms with Gasteiger partial charge in [-0.2, -0.15) is 0 Å². The van der Waals surface area contributed by atoms with Crippen molar-refractivity contribution in [2.24, 2.45) is 5.92 Å². The van der Waals surface area contributed by atoms with Crippen LogP contribution in [-0.2, 0) is 4.79 Å². The highest BCUT2D eigenvalue weighted by Gasteiger charge is 2.08. The lowest BCUT2D eigenvalue weighted by Gasteiger charge is -2.10. The molecule has 0 aliphatic heterocycles. The van der Waals surface area contributed by atoms with Crippen LogP contribution in [0.2, 0.25) is 0 Å². The number of carbonyl (C=O) groups excluding carboxylic acids is 2. The molecule has 0 spiro atoms. The number of aromatic carboxylic acids is 1. The van der Waals surface area contributed by atoms with Crippen molar-refractivity contribution in [3.8, 4) is 0 Å². The van der Waals surface area contributed by atoms with E-state index in [2.05, 4.69) is 16.0 Å². The Morgan fingerprint density at radius 2 is 1.90 bits per heavy atom.